The zero-order valence-corrected chi connectivity index (χ0v) is 19.5. The molecule has 4 fully saturated rings. The highest BCUT2D eigenvalue weighted by Gasteiger charge is 2.51. The summed E-state index contributed by atoms with van der Waals surface area (Å²) in [7, 11) is 0. The van der Waals surface area contributed by atoms with Crippen molar-refractivity contribution in [2.45, 2.75) is 76.8 Å². The molecule has 1 N–H and O–H groups in total. The number of aromatic nitrogens is 2. The number of nitrogens with zero attached hydrogens (tertiary/aromatic N) is 2. The van der Waals surface area contributed by atoms with Crippen molar-refractivity contribution < 1.29 is 4.79 Å². The number of hydrogen-bond donors (Lipinski definition) is 2. The van der Waals surface area contributed by atoms with Gasteiger partial charge in [-0.1, -0.05) is 36.8 Å². The van der Waals surface area contributed by atoms with Crippen molar-refractivity contribution in [1.82, 2.24) is 15.1 Å². The van der Waals surface area contributed by atoms with Gasteiger partial charge in [0.2, 0.25) is 0 Å². The van der Waals surface area contributed by atoms with Crippen LogP contribution in [0.4, 0.5) is 0 Å². The van der Waals surface area contributed by atoms with Crippen molar-refractivity contribution in [1.29, 1.82) is 0 Å². The molecule has 1 amide bonds. The van der Waals surface area contributed by atoms with E-state index < -0.39 is 0 Å². The molecule has 2 aromatic rings. The fourth-order valence-electron chi connectivity index (χ4n) is 7.00. The molecule has 0 aliphatic heterocycles. The van der Waals surface area contributed by atoms with Gasteiger partial charge in [-0.15, -0.1) is 0 Å². The smallest absolute Gasteiger partial charge is 0.272 e. The summed E-state index contributed by atoms with van der Waals surface area (Å²) < 4.78 is 2.07. The van der Waals surface area contributed by atoms with Crippen LogP contribution in [-0.2, 0) is 6.54 Å². The van der Waals surface area contributed by atoms with E-state index in [-0.39, 0.29) is 11.4 Å². The van der Waals surface area contributed by atoms with E-state index in [4.69, 9.17) is 5.10 Å². The van der Waals surface area contributed by atoms with Gasteiger partial charge in [0.1, 0.15) is 0 Å². The number of thiol groups is 1. The van der Waals surface area contributed by atoms with Crippen molar-refractivity contribution >= 4 is 18.5 Å². The van der Waals surface area contributed by atoms with Gasteiger partial charge in [-0.2, -0.15) is 17.7 Å². The summed E-state index contributed by atoms with van der Waals surface area (Å²) in [5, 5.41) is 8.39. The molecule has 31 heavy (non-hydrogen) atoms. The lowest BCUT2D eigenvalue weighted by Gasteiger charge is -2.56. The molecule has 166 valence electrons. The molecule has 4 aliphatic carbocycles. The number of aryl methyl sites for hydroxylation is 1. The van der Waals surface area contributed by atoms with Crippen molar-refractivity contribution in [3.05, 3.63) is 41.6 Å². The van der Waals surface area contributed by atoms with E-state index in [0.29, 0.717) is 5.69 Å². The van der Waals surface area contributed by atoms with Crippen LogP contribution >= 0.6 is 12.6 Å². The Labute approximate surface area is 191 Å². The Morgan fingerprint density at radius 3 is 2.32 bits per heavy atom. The fraction of sp³-hybridized carbons (Fsp3) is 0.615. The van der Waals surface area contributed by atoms with Gasteiger partial charge in [0.05, 0.1) is 5.69 Å². The lowest BCUT2D eigenvalue weighted by molar-refractivity contribution is -0.0168. The Kier molecular flexibility index (Phi) is 5.89. The monoisotopic (exact) mass is 437 g/mol. The summed E-state index contributed by atoms with van der Waals surface area (Å²) in [5.41, 5.74) is 3.85. The van der Waals surface area contributed by atoms with Crippen molar-refractivity contribution in [3.63, 3.8) is 0 Å². The quantitative estimate of drug-likeness (QED) is 0.414. The van der Waals surface area contributed by atoms with E-state index in [0.717, 1.165) is 66.1 Å². The van der Waals surface area contributed by atoms with Crippen LogP contribution in [0.2, 0.25) is 0 Å². The van der Waals surface area contributed by atoms with Gasteiger partial charge in [0.15, 0.2) is 5.69 Å². The van der Waals surface area contributed by atoms with Crippen LogP contribution in [0.25, 0.3) is 11.3 Å². The molecule has 1 aromatic heterocycles. The zero-order chi connectivity index (χ0) is 21.4. The van der Waals surface area contributed by atoms with Crippen LogP contribution in [-0.4, -0.2) is 27.0 Å². The first-order valence-corrected chi connectivity index (χ1v) is 12.8. The maximum Gasteiger partial charge on any atom is 0.272 e. The molecule has 1 heterocycles. The molecule has 0 saturated heterocycles. The van der Waals surface area contributed by atoms with Gasteiger partial charge in [0.25, 0.3) is 5.91 Å². The molecular formula is C26H35N3OS. The fourth-order valence-corrected chi connectivity index (χ4v) is 7.23. The van der Waals surface area contributed by atoms with Crippen LogP contribution in [0.3, 0.4) is 0 Å². The van der Waals surface area contributed by atoms with Crippen molar-refractivity contribution in [3.8, 4) is 11.3 Å². The Morgan fingerprint density at radius 2 is 1.71 bits per heavy atom. The summed E-state index contributed by atoms with van der Waals surface area (Å²) in [6.07, 6.45) is 10.9. The minimum Gasteiger partial charge on any atom is -0.345 e. The van der Waals surface area contributed by atoms with Gasteiger partial charge in [-0.3, -0.25) is 9.48 Å². The maximum atomic E-state index is 13.5. The van der Waals surface area contributed by atoms with Gasteiger partial charge in [-0.05, 0) is 81.8 Å². The molecule has 0 radical (unpaired) electrons. The van der Waals surface area contributed by atoms with Crippen LogP contribution in [0, 0.1) is 24.7 Å². The topological polar surface area (TPSA) is 46.9 Å². The number of nitrogens with one attached hydrogen (secondary N) is 1. The first-order chi connectivity index (χ1) is 15.1. The molecule has 4 nitrogen and oxygen atoms in total. The summed E-state index contributed by atoms with van der Waals surface area (Å²) in [6, 6.07) is 10.4. The minimum atomic E-state index is 0.0154. The lowest BCUT2D eigenvalue weighted by Crippen LogP contribution is -2.59. The number of benzene rings is 1. The number of hydrogen-bond acceptors (Lipinski definition) is 3. The molecule has 4 saturated carbocycles. The highest BCUT2D eigenvalue weighted by Crippen LogP contribution is 2.55. The second kappa shape index (κ2) is 8.65. The van der Waals surface area contributed by atoms with Crippen molar-refractivity contribution in [2.24, 2.45) is 17.8 Å². The van der Waals surface area contributed by atoms with Gasteiger partial charge < -0.3 is 5.32 Å². The molecule has 4 bridgehead atoms. The highest BCUT2D eigenvalue weighted by molar-refractivity contribution is 7.80. The number of rotatable bonds is 8. The zero-order valence-electron chi connectivity index (χ0n) is 18.6. The molecule has 0 atom stereocenters. The molecular weight excluding hydrogens is 402 g/mol. The number of unbranched alkanes of at least 4 members (excludes halogenated alkanes) is 2. The Hall–Kier alpha value is -1.75. The average Bonchev–Trinajstić information content (AvgIpc) is 3.07. The molecule has 6 rings (SSSR count). The predicted molar refractivity (Wildman–Crippen MR) is 128 cm³/mol. The standard InChI is InChI=1S/C26H35N3OS/c1-18-23(25(30)27-26-15-19-12-20(16-26)14-21(13-19)17-26)28-29(10-6-3-7-11-31)24(18)22-8-4-2-5-9-22/h2,4-5,8-9,19-21,31H,3,6-7,10-17H2,1H3,(H,27,30). The van der Waals surface area contributed by atoms with E-state index in [1.165, 1.54) is 38.5 Å². The van der Waals surface area contributed by atoms with Gasteiger partial charge in [-0.25, -0.2) is 0 Å². The Bertz CT molecular complexity index is 900. The second-order valence-corrected chi connectivity index (χ2v) is 10.8. The minimum absolute atomic E-state index is 0.0154. The summed E-state index contributed by atoms with van der Waals surface area (Å²) >= 11 is 4.33. The average molecular weight is 438 g/mol. The summed E-state index contributed by atoms with van der Waals surface area (Å²) in [5.74, 6) is 3.40. The number of carbonyl (C=O) groups excluding carboxylic acids is 1. The molecule has 4 aliphatic rings. The second-order valence-electron chi connectivity index (χ2n) is 10.3. The molecule has 5 heteroatoms. The Morgan fingerprint density at radius 1 is 1.06 bits per heavy atom. The highest BCUT2D eigenvalue weighted by atomic mass is 32.1. The lowest BCUT2D eigenvalue weighted by atomic mass is 9.53. The van der Waals surface area contributed by atoms with Crippen LogP contribution < -0.4 is 5.32 Å². The summed E-state index contributed by atoms with van der Waals surface area (Å²) in [4.78, 5) is 13.5. The molecule has 0 unspecified atom stereocenters. The largest absolute Gasteiger partial charge is 0.345 e. The Balaban J connectivity index is 1.40. The third-order valence-electron chi connectivity index (χ3n) is 7.90. The maximum absolute atomic E-state index is 13.5. The van der Waals surface area contributed by atoms with E-state index in [9.17, 15) is 4.79 Å². The number of carbonyl (C=O) groups is 1. The van der Waals surface area contributed by atoms with Crippen LogP contribution in [0.5, 0.6) is 0 Å². The van der Waals surface area contributed by atoms with Crippen LogP contribution in [0.1, 0.15) is 73.8 Å². The van der Waals surface area contributed by atoms with Gasteiger partial charge >= 0.3 is 0 Å². The van der Waals surface area contributed by atoms with E-state index in [2.05, 4.69) is 53.8 Å². The predicted octanol–water partition coefficient (Wildman–Crippen LogP) is 5.66. The van der Waals surface area contributed by atoms with Gasteiger partial charge in [0, 0.05) is 23.2 Å². The molecule has 1 aromatic carbocycles. The first-order valence-electron chi connectivity index (χ1n) is 12.1. The van der Waals surface area contributed by atoms with Crippen molar-refractivity contribution in [2.75, 3.05) is 5.75 Å². The summed E-state index contributed by atoms with van der Waals surface area (Å²) in [6.45, 7) is 2.90. The third-order valence-corrected chi connectivity index (χ3v) is 8.21. The first kappa shape index (κ1) is 21.1. The SMILES string of the molecule is Cc1c(C(=O)NC23CC4CC(CC(C4)C2)C3)nn(CCCCCS)c1-c1ccccc1. The van der Waals surface area contributed by atoms with Crippen LogP contribution in [0.15, 0.2) is 30.3 Å². The normalized spacial score (nSPS) is 28.8. The van der Waals surface area contributed by atoms with E-state index in [1.54, 1.807) is 0 Å². The molecule has 0 spiro atoms. The van der Waals surface area contributed by atoms with E-state index in [1.807, 2.05) is 6.07 Å². The van der Waals surface area contributed by atoms with E-state index >= 15 is 0 Å². The third kappa shape index (κ3) is 4.18. The number of amides is 1.